The lowest BCUT2D eigenvalue weighted by atomic mass is 10.0. The normalized spacial score (nSPS) is 10.0. The van der Waals surface area contributed by atoms with Gasteiger partial charge in [0, 0.05) is 10.6 Å². The predicted octanol–water partition coefficient (Wildman–Crippen LogP) is 3.34. The molecule has 0 aliphatic carbocycles. The Hall–Kier alpha value is -0.530. The lowest BCUT2D eigenvalue weighted by molar-refractivity contribution is 0.108. The highest BCUT2D eigenvalue weighted by Gasteiger charge is 2.09. The summed E-state index contributed by atoms with van der Waals surface area (Å²) < 4.78 is 0. The van der Waals surface area contributed by atoms with Crippen LogP contribution in [0, 0.1) is 13.8 Å². The number of carbonyl (C=O) groups excluding carboxylic acids is 1. The van der Waals surface area contributed by atoms with Crippen LogP contribution < -0.4 is 0 Å². The van der Waals surface area contributed by atoms with Crippen molar-refractivity contribution in [1.82, 2.24) is 0 Å². The van der Waals surface area contributed by atoms with E-state index in [0.717, 1.165) is 11.1 Å². The minimum absolute atomic E-state index is 0.438. The van der Waals surface area contributed by atoms with E-state index in [9.17, 15) is 4.79 Å². The van der Waals surface area contributed by atoms with Crippen LogP contribution in [-0.2, 0) is 0 Å². The third kappa shape index (κ3) is 1.62. The van der Waals surface area contributed by atoms with Gasteiger partial charge in [-0.05, 0) is 48.7 Å². The van der Waals surface area contributed by atoms with Crippen LogP contribution in [0.5, 0.6) is 0 Å². The van der Waals surface area contributed by atoms with Gasteiger partial charge >= 0.3 is 0 Å². The van der Waals surface area contributed by atoms with E-state index in [2.05, 4.69) is 0 Å². The molecule has 0 aliphatic heterocycles. The molecular weight excluding hydrogens is 195 g/mol. The molecule has 0 unspecified atom stereocenters. The lowest BCUT2D eigenvalue weighted by Crippen LogP contribution is -1.95. The maximum atomic E-state index is 10.9. The first-order valence-corrected chi connectivity index (χ1v) is 4.25. The van der Waals surface area contributed by atoms with Gasteiger partial charge in [-0.2, -0.15) is 0 Å². The molecule has 0 spiro atoms. The van der Waals surface area contributed by atoms with Crippen molar-refractivity contribution < 1.29 is 4.79 Å². The molecule has 0 aliphatic rings. The predicted molar refractivity (Wildman–Crippen MR) is 51.1 cm³/mol. The van der Waals surface area contributed by atoms with Crippen LogP contribution in [-0.4, -0.2) is 5.24 Å². The van der Waals surface area contributed by atoms with Crippen LogP contribution in [0.3, 0.4) is 0 Å². The molecule has 0 N–H and O–H groups in total. The van der Waals surface area contributed by atoms with Gasteiger partial charge in [-0.15, -0.1) is 0 Å². The first-order valence-electron chi connectivity index (χ1n) is 3.49. The SMILES string of the molecule is Cc1c(Cl)ccc(C(=O)Cl)c1C. The molecule has 0 saturated heterocycles. The highest BCUT2D eigenvalue weighted by molar-refractivity contribution is 6.68. The number of halogens is 2. The van der Waals surface area contributed by atoms with Crippen LogP contribution in [0.1, 0.15) is 21.5 Å². The number of carbonyl (C=O) groups is 1. The Kier molecular flexibility index (Phi) is 2.76. The topological polar surface area (TPSA) is 17.1 Å². The van der Waals surface area contributed by atoms with Crippen molar-refractivity contribution in [3.63, 3.8) is 0 Å². The zero-order chi connectivity index (χ0) is 9.30. The smallest absolute Gasteiger partial charge is 0.252 e. The van der Waals surface area contributed by atoms with E-state index in [4.69, 9.17) is 23.2 Å². The van der Waals surface area contributed by atoms with E-state index in [1.165, 1.54) is 0 Å². The first-order chi connectivity index (χ1) is 5.54. The highest BCUT2D eigenvalue weighted by atomic mass is 35.5. The molecule has 0 bridgehead atoms. The fourth-order valence-electron chi connectivity index (χ4n) is 1.00. The van der Waals surface area contributed by atoms with Crippen molar-refractivity contribution in [3.8, 4) is 0 Å². The summed E-state index contributed by atoms with van der Waals surface area (Å²) in [6.45, 7) is 3.69. The van der Waals surface area contributed by atoms with Gasteiger partial charge in [0.05, 0.1) is 0 Å². The highest BCUT2D eigenvalue weighted by Crippen LogP contribution is 2.22. The molecule has 12 heavy (non-hydrogen) atoms. The van der Waals surface area contributed by atoms with Crippen molar-refractivity contribution in [2.45, 2.75) is 13.8 Å². The van der Waals surface area contributed by atoms with Crippen molar-refractivity contribution in [2.75, 3.05) is 0 Å². The minimum Gasteiger partial charge on any atom is -0.276 e. The molecule has 1 aromatic carbocycles. The van der Waals surface area contributed by atoms with Crippen molar-refractivity contribution in [1.29, 1.82) is 0 Å². The summed E-state index contributed by atoms with van der Waals surface area (Å²) in [5.41, 5.74) is 2.28. The van der Waals surface area contributed by atoms with Crippen LogP contribution in [0.15, 0.2) is 12.1 Å². The largest absolute Gasteiger partial charge is 0.276 e. The fraction of sp³-hybridized carbons (Fsp3) is 0.222. The van der Waals surface area contributed by atoms with Crippen LogP contribution >= 0.6 is 23.2 Å². The van der Waals surface area contributed by atoms with Gasteiger partial charge < -0.3 is 0 Å². The second-order valence-electron chi connectivity index (χ2n) is 2.62. The number of rotatable bonds is 1. The van der Waals surface area contributed by atoms with Crippen molar-refractivity contribution in [2.24, 2.45) is 0 Å². The zero-order valence-corrected chi connectivity index (χ0v) is 8.33. The Balaban J connectivity index is 3.36. The second kappa shape index (κ2) is 3.46. The van der Waals surface area contributed by atoms with Crippen LogP contribution in [0.4, 0.5) is 0 Å². The van der Waals surface area contributed by atoms with Crippen molar-refractivity contribution in [3.05, 3.63) is 33.8 Å². The Bertz CT molecular complexity index is 332. The standard InChI is InChI=1S/C9H8Cl2O/c1-5-6(2)8(10)4-3-7(5)9(11)12/h3-4H,1-2H3. The van der Waals surface area contributed by atoms with Gasteiger partial charge in [0.15, 0.2) is 0 Å². The van der Waals surface area contributed by atoms with Gasteiger partial charge in [0.2, 0.25) is 0 Å². The summed E-state index contributed by atoms with van der Waals surface area (Å²) in [4.78, 5) is 10.9. The number of hydrogen-bond acceptors (Lipinski definition) is 1. The summed E-state index contributed by atoms with van der Waals surface area (Å²) in [5, 5.41) is 0.224. The van der Waals surface area contributed by atoms with E-state index in [1.807, 2.05) is 13.8 Å². The van der Waals surface area contributed by atoms with E-state index in [1.54, 1.807) is 12.1 Å². The van der Waals surface area contributed by atoms with Crippen molar-refractivity contribution >= 4 is 28.4 Å². The molecule has 64 valence electrons. The Labute approximate surface area is 81.3 Å². The summed E-state index contributed by atoms with van der Waals surface area (Å²) in [7, 11) is 0. The molecule has 0 atom stereocenters. The van der Waals surface area contributed by atoms with Gasteiger partial charge in [-0.1, -0.05) is 11.6 Å². The molecule has 0 amide bonds. The lowest BCUT2D eigenvalue weighted by Gasteiger charge is -2.05. The van der Waals surface area contributed by atoms with Gasteiger partial charge in [-0.25, -0.2) is 0 Å². The Morgan fingerprint density at radius 1 is 1.25 bits per heavy atom. The summed E-state index contributed by atoms with van der Waals surface area (Å²) in [5.74, 6) is 0. The quantitative estimate of drug-likeness (QED) is 0.639. The third-order valence-electron chi connectivity index (χ3n) is 1.93. The van der Waals surface area contributed by atoms with E-state index < -0.39 is 5.24 Å². The molecule has 0 heterocycles. The summed E-state index contributed by atoms with van der Waals surface area (Å²) in [6, 6.07) is 3.32. The third-order valence-corrected chi connectivity index (χ3v) is 2.55. The van der Waals surface area contributed by atoms with E-state index >= 15 is 0 Å². The van der Waals surface area contributed by atoms with Gasteiger partial charge in [0.1, 0.15) is 0 Å². The van der Waals surface area contributed by atoms with Crippen LogP contribution in [0.25, 0.3) is 0 Å². The average Bonchev–Trinajstić information content (AvgIpc) is 2.00. The first kappa shape index (κ1) is 9.56. The molecular formula is C9H8Cl2O. The maximum Gasteiger partial charge on any atom is 0.252 e. The molecule has 0 aromatic heterocycles. The van der Waals surface area contributed by atoms with Gasteiger partial charge in [-0.3, -0.25) is 4.79 Å². The average molecular weight is 203 g/mol. The molecule has 1 aromatic rings. The monoisotopic (exact) mass is 202 g/mol. The molecule has 1 rings (SSSR count). The Morgan fingerprint density at radius 2 is 1.83 bits per heavy atom. The molecule has 0 radical (unpaired) electrons. The molecule has 1 nitrogen and oxygen atoms in total. The summed E-state index contributed by atoms with van der Waals surface area (Å²) >= 11 is 11.2. The maximum absolute atomic E-state index is 10.9. The number of hydrogen-bond donors (Lipinski definition) is 0. The molecule has 0 saturated carbocycles. The van der Waals surface area contributed by atoms with E-state index in [-0.39, 0.29) is 0 Å². The summed E-state index contributed by atoms with van der Waals surface area (Å²) in [6.07, 6.45) is 0. The number of benzene rings is 1. The minimum atomic E-state index is -0.438. The van der Waals surface area contributed by atoms with E-state index in [0.29, 0.717) is 10.6 Å². The Morgan fingerprint density at radius 3 is 2.33 bits per heavy atom. The van der Waals surface area contributed by atoms with Gasteiger partial charge in [0.25, 0.3) is 5.24 Å². The second-order valence-corrected chi connectivity index (χ2v) is 3.37. The molecule has 0 fully saturated rings. The zero-order valence-electron chi connectivity index (χ0n) is 6.82. The van der Waals surface area contributed by atoms with Crippen LogP contribution in [0.2, 0.25) is 5.02 Å². The molecule has 3 heteroatoms. The fourth-order valence-corrected chi connectivity index (χ4v) is 1.41.